The lowest BCUT2D eigenvalue weighted by atomic mass is 9.71. The minimum absolute atomic E-state index is 0.344. The van der Waals surface area contributed by atoms with Gasteiger partial charge in [-0.3, -0.25) is 0 Å². The molecule has 1 aromatic rings. The number of benzene rings is 1. The van der Waals surface area contributed by atoms with E-state index in [0.29, 0.717) is 17.5 Å². The Bertz CT molecular complexity index is 478. The van der Waals surface area contributed by atoms with Crippen molar-refractivity contribution in [3.05, 3.63) is 29.8 Å². The van der Waals surface area contributed by atoms with Crippen LogP contribution in [-0.4, -0.2) is 17.3 Å². The molecule has 1 fully saturated rings. The van der Waals surface area contributed by atoms with Crippen molar-refractivity contribution >= 4 is 5.69 Å². The van der Waals surface area contributed by atoms with Crippen molar-refractivity contribution in [1.29, 1.82) is 5.26 Å². The average Bonchev–Trinajstić information content (AvgIpc) is 2.41. The summed E-state index contributed by atoms with van der Waals surface area (Å²) in [5, 5.41) is 22.8. The Kier molecular flexibility index (Phi) is 3.82. The molecule has 1 aliphatic rings. The fourth-order valence-electron chi connectivity index (χ4n) is 2.56. The molecule has 102 valence electrons. The number of hydrogen-bond acceptors (Lipinski definition) is 3. The summed E-state index contributed by atoms with van der Waals surface area (Å²) < 4.78 is 0. The van der Waals surface area contributed by atoms with E-state index in [-0.39, 0.29) is 0 Å². The first-order chi connectivity index (χ1) is 8.94. The van der Waals surface area contributed by atoms with Gasteiger partial charge < -0.3 is 10.4 Å². The van der Waals surface area contributed by atoms with E-state index in [4.69, 9.17) is 5.26 Å². The molecule has 19 heavy (non-hydrogen) atoms. The maximum absolute atomic E-state index is 10.6. The van der Waals surface area contributed by atoms with Gasteiger partial charge in [0, 0.05) is 6.54 Å². The van der Waals surface area contributed by atoms with Crippen LogP contribution >= 0.6 is 0 Å². The van der Waals surface area contributed by atoms with E-state index in [0.717, 1.165) is 31.4 Å². The first-order valence-corrected chi connectivity index (χ1v) is 6.90. The summed E-state index contributed by atoms with van der Waals surface area (Å²) in [6.07, 6.45) is 3.74. The fraction of sp³-hybridized carbons (Fsp3) is 0.562. The molecule has 0 spiro atoms. The summed E-state index contributed by atoms with van der Waals surface area (Å²) >= 11 is 0. The van der Waals surface area contributed by atoms with E-state index in [2.05, 4.69) is 25.2 Å². The molecule has 2 N–H and O–H groups in total. The van der Waals surface area contributed by atoms with Crippen molar-refractivity contribution < 1.29 is 5.11 Å². The SMILES string of the molecule is CC1(C)CCC(O)(CNc2ccccc2C#N)CC1. The largest absolute Gasteiger partial charge is 0.388 e. The number of nitrogens with zero attached hydrogens (tertiary/aromatic N) is 1. The number of hydrogen-bond donors (Lipinski definition) is 2. The monoisotopic (exact) mass is 258 g/mol. The number of anilines is 1. The standard InChI is InChI=1S/C16H22N2O/c1-15(2)7-9-16(19,10-8-15)12-18-14-6-4-3-5-13(14)11-17/h3-6,18-19H,7-10,12H2,1-2H3. The van der Waals surface area contributed by atoms with E-state index < -0.39 is 5.60 Å². The van der Waals surface area contributed by atoms with Crippen molar-refractivity contribution in [3.63, 3.8) is 0 Å². The zero-order chi connectivity index (χ0) is 13.9. The average molecular weight is 258 g/mol. The zero-order valence-corrected chi connectivity index (χ0v) is 11.7. The minimum Gasteiger partial charge on any atom is -0.388 e. The van der Waals surface area contributed by atoms with Gasteiger partial charge in [-0.05, 0) is 43.2 Å². The van der Waals surface area contributed by atoms with Crippen molar-refractivity contribution in [2.24, 2.45) is 5.41 Å². The molecule has 0 atom stereocenters. The summed E-state index contributed by atoms with van der Waals surface area (Å²) in [6.45, 7) is 5.03. The molecule has 0 saturated heterocycles. The summed E-state index contributed by atoms with van der Waals surface area (Å²) in [4.78, 5) is 0. The molecule has 2 rings (SSSR count). The quantitative estimate of drug-likeness (QED) is 0.874. The van der Waals surface area contributed by atoms with Crippen molar-refractivity contribution in [2.45, 2.75) is 45.1 Å². The van der Waals surface area contributed by atoms with Crippen molar-refractivity contribution in [3.8, 4) is 6.07 Å². The number of para-hydroxylation sites is 1. The fourth-order valence-corrected chi connectivity index (χ4v) is 2.56. The highest BCUT2D eigenvalue weighted by Crippen LogP contribution is 2.40. The summed E-state index contributed by atoms with van der Waals surface area (Å²) in [7, 11) is 0. The molecule has 1 aliphatic carbocycles. The van der Waals surface area contributed by atoms with Crippen LogP contribution in [0.15, 0.2) is 24.3 Å². The Hall–Kier alpha value is -1.53. The van der Waals surface area contributed by atoms with Crippen molar-refractivity contribution in [2.75, 3.05) is 11.9 Å². The molecule has 0 aromatic heterocycles. The van der Waals surface area contributed by atoms with Gasteiger partial charge in [-0.15, -0.1) is 0 Å². The zero-order valence-electron chi connectivity index (χ0n) is 11.7. The van der Waals surface area contributed by atoms with Crippen LogP contribution in [0.3, 0.4) is 0 Å². The van der Waals surface area contributed by atoms with Gasteiger partial charge in [0.05, 0.1) is 16.9 Å². The molecular weight excluding hydrogens is 236 g/mol. The number of nitrogens with one attached hydrogen (secondary N) is 1. The third-order valence-corrected chi connectivity index (χ3v) is 4.19. The lowest BCUT2D eigenvalue weighted by molar-refractivity contribution is -0.0145. The van der Waals surface area contributed by atoms with Gasteiger partial charge in [-0.2, -0.15) is 5.26 Å². The van der Waals surface area contributed by atoms with Gasteiger partial charge in [0.2, 0.25) is 0 Å². The summed E-state index contributed by atoms with van der Waals surface area (Å²) in [5.74, 6) is 0. The third-order valence-electron chi connectivity index (χ3n) is 4.19. The predicted molar refractivity (Wildman–Crippen MR) is 76.8 cm³/mol. The topological polar surface area (TPSA) is 56.0 Å². The second-order valence-corrected chi connectivity index (χ2v) is 6.40. The molecule has 3 nitrogen and oxygen atoms in total. The van der Waals surface area contributed by atoms with E-state index in [1.54, 1.807) is 6.07 Å². The molecule has 0 bridgehead atoms. The molecule has 1 saturated carbocycles. The van der Waals surface area contributed by atoms with Gasteiger partial charge in [-0.1, -0.05) is 26.0 Å². The highest BCUT2D eigenvalue weighted by atomic mass is 16.3. The van der Waals surface area contributed by atoms with Crippen molar-refractivity contribution in [1.82, 2.24) is 0 Å². The van der Waals surface area contributed by atoms with Crippen LogP contribution < -0.4 is 5.32 Å². The molecule has 0 unspecified atom stereocenters. The van der Waals surface area contributed by atoms with Crippen LogP contribution in [0.2, 0.25) is 0 Å². The predicted octanol–water partition coefficient (Wildman–Crippen LogP) is 3.30. The maximum Gasteiger partial charge on any atom is 0.101 e. The number of nitriles is 1. The molecule has 3 heteroatoms. The second kappa shape index (κ2) is 5.22. The molecule has 0 aliphatic heterocycles. The smallest absolute Gasteiger partial charge is 0.101 e. The first kappa shape index (κ1) is 13.9. The maximum atomic E-state index is 10.6. The van der Waals surface area contributed by atoms with Crippen LogP contribution in [-0.2, 0) is 0 Å². The third kappa shape index (κ3) is 3.48. The van der Waals surface area contributed by atoms with E-state index in [1.165, 1.54) is 0 Å². The molecule has 1 aromatic carbocycles. The van der Waals surface area contributed by atoms with Gasteiger partial charge in [0.25, 0.3) is 0 Å². The van der Waals surface area contributed by atoms with Crippen LogP contribution in [0, 0.1) is 16.7 Å². The Labute approximate surface area is 115 Å². The summed E-state index contributed by atoms with van der Waals surface area (Å²) in [6, 6.07) is 9.59. The Balaban J connectivity index is 1.97. The molecule has 0 heterocycles. The van der Waals surface area contributed by atoms with Crippen LogP contribution in [0.25, 0.3) is 0 Å². The van der Waals surface area contributed by atoms with E-state index >= 15 is 0 Å². The molecule has 0 amide bonds. The number of aliphatic hydroxyl groups is 1. The number of rotatable bonds is 3. The highest BCUT2D eigenvalue weighted by Gasteiger charge is 2.36. The van der Waals surface area contributed by atoms with Gasteiger partial charge in [0.1, 0.15) is 6.07 Å². The van der Waals surface area contributed by atoms with Gasteiger partial charge >= 0.3 is 0 Å². The minimum atomic E-state index is -0.641. The van der Waals surface area contributed by atoms with E-state index in [1.807, 2.05) is 18.2 Å². The Morgan fingerprint density at radius 2 is 1.84 bits per heavy atom. The highest BCUT2D eigenvalue weighted by molar-refractivity contribution is 5.57. The Morgan fingerprint density at radius 1 is 1.21 bits per heavy atom. The van der Waals surface area contributed by atoms with Crippen LogP contribution in [0.4, 0.5) is 5.69 Å². The molecular formula is C16H22N2O. The lowest BCUT2D eigenvalue weighted by Gasteiger charge is -2.40. The Morgan fingerprint density at radius 3 is 2.47 bits per heavy atom. The first-order valence-electron chi connectivity index (χ1n) is 6.90. The summed E-state index contributed by atoms with van der Waals surface area (Å²) in [5.41, 5.74) is 1.14. The van der Waals surface area contributed by atoms with Gasteiger partial charge in [0.15, 0.2) is 0 Å². The van der Waals surface area contributed by atoms with Gasteiger partial charge in [-0.25, -0.2) is 0 Å². The lowest BCUT2D eigenvalue weighted by Crippen LogP contribution is -2.42. The van der Waals surface area contributed by atoms with E-state index in [9.17, 15) is 5.11 Å². The van der Waals surface area contributed by atoms with Crippen LogP contribution in [0.5, 0.6) is 0 Å². The second-order valence-electron chi connectivity index (χ2n) is 6.40. The molecule has 0 radical (unpaired) electrons. The normalized spacial score (nSPS) is 20.5. The van der Waals surface area contributed by atoms with Crippen LogP contribution in [0.1, 0.15) is 45.1 Å².